The molecule has 0 saturated heterocycles. The number of hydrogen-bond acceptors (Lipinski definition) is 2. The molecule has 1 unspecified atom stereocenters. The lowest BCUT2D eigenvalue weighted by Crippen LogP contribution is -2.35. The largest absolute Gasteiger partial charge is 0.355 e. The van der Waals surface area contributed by atoms with E-state index in [9.17, 15) is 4.79 Å². The molecule has 0 aromatic carbocycles. The van der Waals surface area contributed by atoms with Gasteiger partial charge in [0.2, 0.25) is 5.91 Å². The van der Waals surface area contributed by atoms with E-state index in [0.29, 0.717) is 12.0 Å². The molecular weight excluding hydrogens is 188 g/mol. The molecule has 3 heteroatoms. The molecule has 1 atom stereocenters. The van der Waals surface area contributed by atoms with Gasteiger partial charge in [-0.2, -0.15) is 0 Å². The predicted molar refractivity (Wildman–Crippen MR) is 62.7 cm³/mol. The lowest BCUT2D eigenvalue weighted by molar-refractivity contribution is -0.120. The number of nitrogens with one attached hydrogen (secondary N) is 2. The van der Waals surface area contributed by atoms with Gasteiger partial charge in [0.05, 0.1) is 6.54 Å². The van der Waals surface area contributed by atoms with Crippen molar-refractivity contribution in [3.8, 4) is 0 Å². The second-order valence-electron chi connectivity index (χ2n) is 5.22. The number of carbonyl (C=O) groups excluding carboxylic acids is 1. The predicted octanol–water partition coefficient (Wildman–Crippen LogP) is 1.54. The Hall–Kier alpha value is -0.570. The van der Waals surface area contributed by atoms with Gasteiger partial charge in [-0.25, -0.2) is 0 Å². The van der Waals surface area contributed by atoms with Crippen molar-refractivity contribution in [2.24, 2.45) is 11.3 Å². The van der Waals surface area contributed by atoms with E-state index in [4.69, 9.17) is 0 Å². The molecule has 0 aromatic heterocycles. The summed E-state index contributed by atoms with van der Waals surface area (Å²) in [4.78, 5) is 11.3. The van der Waals surface area contributed by atoms with Crippen LogP contribution in [0.2, 0.25) is 0 Å². The standard InChI is InChI=1S/C12H24N2O/c1-4-5-6-14-11(15)9-13-8-10-7-12(10,2)3/h10,13H,4-9H2,1-3H3,(H,14,15). The van der Waals surface area contributed by atoms with Gasteiger partial charge in [0.15, 0.2) is 0 Å². The van der Waals surface area contributed by atoms with Gasteiger partial charge in [-0.1, -0.05) is 27.2 Å². The highest BCUT2D eigenvalue weighted by Crippen LogP contribution is 2.50. The van der Waals surface area contributed by atoms with Crippen LogP contribution in [0.25, 0.3) is 0 Å². The number of carbonyl (C=O) groups is 1. The first kappa shape index (κ1) is 12.5. The summed E-state index contributed by atoms with van der Waals surface area (Å²) < 4.78 is 0. The van der Waals surface area contributed by atoms with Crippen LogP contribution in [0.4, 0.5) is 0 Å². The summed E-state index contributed by atoms with van der Waals surface area (Å²) >= 11 is 0. The smallest absolute Gasteiger partial charge is 0.233 e. The van der Waals surface area contributed by atoms with E-state index < -0.39 is 0 Å². The third kappa shape index (κ3) is 4.65. The van der Waals surface area contributed by atoms with Gasteiger partial charge in [-0.15, -0.1) is 0 Å². The highest BCUT2D eigenvalue weighted by Gasteiger charge is 2.44. The van der Waals surface area contributed by atoms with E-state index >= 15 is 0 Å². The van der Waals surface area contributed by atoms with Crippen molar-refractivity contribution in [3.05, 3.63) is 0 Å². The fourth-order valence-corrected chi connectivity index (χ4v) is 1.75. The maximum atomic E-state index is 11.3. The Morgan fingerprint density at radius 2 is 2.13 bits per heavy atom. The van der Waals surface area contributed by atoms with Crippen LogP contribution in [-0.4, -0.2) is 25.5 Å². The van der Waals surface area contributed by atoms with Crippen molar-refractivity contribution in [3.63, 3.8) is 0 Å². The molecule has 88 valence electrons. The first-order valence-corrected chi connectivity index (χ1v) is 6.03. The summed E-state index contributed by atoms with van der Waals surface area (Å²) in [7, 11) is 0. The fourth-order valence-electron chi connectivity index (χ4n) is 1.75. The number of amides is 1. The Morgan fingerprint density at radius 1 is 1.47 bits per heavy atom. The van der Waals surface area contributed by atoms with Crippen molar-refractivity contribution in [1.82, 2.24) is 10.6 Å². The molecule has 3 nitrogen and oxygen atoms in total. The van der Waals surface area contributed by atoms with Gasteiger partial charge in [0.25, 0.3) is 0 Å². The first-order valence-electron chi connectivity index (χ1n) is 6.03. The number of unbranched alkanes of at least 4 members (excludes halogenated alkanes) is 1. The van der Waals surface area contributed by atoms with Crippen molar-refractivity contribution in [1.29, 1.82) is 0 Å². The summed E-state index contributed by atoms with van der Waals surface area (Å²) in [6, 6.07) is 0. The van der Waals surface area contributed by atoms with Crippen molar-refractivity contribution >= 4 is 5.91 Å². The van der Waals surface area contributed by atoms with Gasteiger partial charge in [0, 0.05) is 6.54 Å². The molecule has 0 radical (unpaired) electrons. The first-order chi connectivity index (χ1) is 7.06. The highest BCUT2D eigenvalue weighted by atomic mass is 16.1. The Kier molecular flexibility index (Phi) is 4.58. The van der Waals surface area contributed by atoms with Crippen LogP contribution in [0.15, 0.2) is 0 Å². The zero-order valence-corrected chi connectivity index (χ0v) is 10.2. The number of rotatable bonds is 7. The normalized spacial score (nSPS) is 22.5. The summed E-state index contributed by atoms with van der Waals surface area (Å²) in [6.07, 6.45) is 3.49. The monoisotopic (exact) mass is 212 g/mol. The molecule has 0 heterocycles. The van der Waals surface area contributed by atoms with E-state index in [2.05, 4.69) is 31.4 Å². The lowest BCUT2D eigenvalue weighted by Gasteiger charge is -2.07. The van der Waals surface area contributed by atoms with Crippen LogP contribution in [0, 0.1) is 11.3 Å². The van der Waals surface area contributed by atoms with Crippen LogP contribution in [0.5, 0.6) is 0 Å². The van der Waals surface area contributed by atoms with Crippen LogP contribution in [0.1, 0.15) is 40.0 Å². The maximum Gasteiger partial charge on any atom is 0.233 e. The second kappa shape index (κ2) is 5.50. The van der Waals surface area contributed by atoms with Crippen LogP contribution in [0.3, 0.4) is 0 Å². The molecule has 2 N–H and O–H groups in total. The third-order valence-electron chi connectivity index (χ3n) is 3.25. The molecule has 0 aliphatic heterocycles. The summed E-state index contributed by atoms with van der Waals surface area (Å²) in [5, 5.41) is 6.11. The van der Waals surface area contributed by atoms with Gasteiger partial charge < -0.3 is 10.6 Å². The van der Waals surface area contributed by atoms with Crippen LogP contribution in [-0.2, 0) is 4.79 Å². The van der Waals surface area contributed by atoms with Crippen molar-refractivity contribution in [2.75, 3.05) is 19.6 Å². The van der Waals surface area contributed by atoms with Crippen LogP contribution >= 0.6 is 0 Å². The Bertz CT molecular complexity index is 214. The maximum absolute atomic E-state index is 11.3. The fraction of sp³-hybridized carbons (Fsp3) is 0.917. The zero-order chi connectivity index (χ0) is 11.3. The second-order valence-corrected chi connectivity index (χ2v) is 5.22. The number of hydrogen-bond donors (Lipinski definition) is 2. The molecule has 1 amide bonds. The average Bonchev–Trinajstić information content (AvgIpc) is 2.74. The van der Waals surface area contributed by atoms with Crippen molar-refractivity contribution in [2.45, 2.75) is 40.0 Å². The minimum Gasteiger partial charge on any atom is -0.355 e. The molecule has 1 saturated carbocycles. The minimum absolute atomic E-state index is 0.127. The molecular formula is C12H24N2O. The minimum atomic E-state index is 0.127. The van der Waals surface area contributed by atoms with E-state index in [0.717, 1.165) is 31.8 Å². The molecule has 0 bridgehead atoms. The molecule has 1 fully saturated rings. The van der Waals surface area contributed by atoms with E-state index in [-0.39, 0.29) is 5.91 Å². The molecule has 1 rings (SSSR count). The SMILES string of the molecule is CCCCNC(=O)CNCC1CC1(C)C. The van der Waals surface area contributed by atoms with Crippen molar-refractivity contribution < 1.29 is 4.79 Å². The lowest BCUT2D eigenvalue weighted by atomic mass is 10.1. The average molecular weight is 212 g/mol. The zero-order valence-electron chi connectivity index (χ0n) is 10.2. The Morgan fingerprint density at radius 3 is 2.67 bits per heavy atom. The Balaban J connectivity index is 1.94. The topological polar surface area (TPSA) is 41.1 Å². The molecule has 1 aliphatic carbocycles. The van der Waals surface area contributed by atoms with Gasteiger partial charge in [-0.05, 0) is 30.7 Å². The molecule has 1 aliphatic rings. The van der Waals surface area contributed by atoms with E-state index in [1.54, 1.807) is 0 Å². The van der Waals surface area contributed by atoms with E-state index in [1.807, 2.05) is 0 Å². The quantitative estimate of drug-likeness (QED) is 0.629. The van der Waals surface area contributed by atoms with Crippen LogP contribution < -0.4 is 10.6 Å². The molecule has 15 heavy (non-hydrogen) atoms. The molecule has 0 aromatic rings. The van der Waals surface area contributed by atoms with E-state index in [1.165, 1.54) is 6.42 Å². The van der Waals surface area contributed by atoms with Gasteiger partial charge >= 0.3 is 0 Å². The highest BCUT2D eigenvalue weighted by molar-refractivity contribution is 5.77. The van der Waals surface area contributed by atoms with Gasteiger partial charge in [-0.3, -0.25) is 4.79 Å². The summed E-state index contributed by atoms with van der Waals surface area (Å²) in [6.45, 7) is 8.94. The van der Waals surface area contributed by atoms with Gasteiger partial charge in [0.1, 0.15) is 0 Å². The molecule has 0 spiro atoms. The summed E-state index contributed by atoms with van der Waals surface area (Å²) in [5.74, 6) is 0.892. The Labute approximate surface area is 93.0 Å². The third-order valence-corrected chi connectivity index (χ3v) is 3.25. The summed E-state index contributed by atoms with van der Waals surface area (Å²) in [5.41, 5.74) is 0.506.